The predicted octanol–water partition coefficient (Wildman–Crippen LogP) is 2.41. The Labute approximate surface area is 83.7 Å². The van der Waals surface area contributed by atoms with Crippen LogP contribution in [0.1, 0.15) is 18.9 Å². The van der Waals surface area contributed by atoms with Gasteiger partial charge < -0.3 is 4.74 Å². The molecule has 0 atom stereocenters. The van der Waals surface area contributed by atoms with E-state index in [9.17, 15) is 0 Å². The molecule has 0 unspecified atom stereocenters. The average Bonchev–Trinajstić information content (AvgIpc) is 2.21. The van der Waals surface area contributed by atoms with E-state index in [0.29, 0.717) is 18.9 Å². The first kappa shape index (κ1) is 10.3. The molecule has 0 aliphatic rings. The van der Waals surface area contributed by atoms with E-state index < -0.39 is 0 Å². The summed E-state index contributed by atoms with van der Waals surface area (Å²) in [4.78, 5) is 4.09. The second-order valence-electron chi connectivity index (χ2n) is 2.63. The van der Waals surface area contributed by atoms with Crippen molar-refractivity contribution in [2.75, 3.05) is 6.61 Å². The van der Waals surface area contributed by atoms with E-state index in [2.05, 4.69) is 4.98 Å². The van der Waals surface area contributed by atoms with Crippen LogP contribution in [0.25, 0.3) is 6.08 Å². The third-order valence-electron chi connectivity index (χ3n) is 1.57. The number of nitriles is 1. The molecule has 0 N–H and O–H groups in total. The summed E-state index contributed by atoms with van der Waals surface area (Å²) in [5, 5.41) is 8.32. The van der Waals surface area contributed by atoms with Crippen molar-refractivity contribution in [2.45, 2.75) is 13.3 Å². The van der Waals surface area contributed by atoms with Crippen molar-refractivity contribution >= 4 is 6.08 Å². The molecule has 0 aliphatic heterocycles. The van der Waals surface area contributed by atoms with Crippen molar-refractivity contribution in [3.63, 3.8) is 0 Å². The number of ether oxygens (including phenoxy) is 1. The quantitative estimate of drug-likeness (QED) is 0.728. The Kier molecular flexibility index (Phi) is 4.22. The summed E-state index contributed by atoms with van der Waals surface area (Å²) in [5.74, 6) is 0.630. The minimum Gasteiger partial charge on any atom is -0.478 e. The molecule has 14 heavy (non-hydrogen) atoms. The highest BCUT2D eigenvalue weighted by atomic mass is 16.5. The smallest absolute Gasteiger partial charge is 0.213 e. The number of nitrogens with zero attached hydrogens (tertiary/aromatic N) is 2. The molecule has 0 saturated carbocycles. The highest BCUT2D eigenvalue weighted by Gasteiger charge is 1.92. The molecule has 3 nitrogen and oxygen atoms in total. The molecular formula is C11H12N2O. The van der Waals surface area contributed by atoms with Crippen LogP contribution in [-0.2, 0) is 0 Å². The maximum absolute atomic E-state index is 8.32. The van der Waals surface area contributed by atoms with Gasteiger partial charge in [-0.1, -0.05) is 12.2 Å². The lowest BCUT2D eigenvalue weighted by molar-refractivity contribution is 0.327. The standard InChI is InChI=1S/C11H12N2O/c1-2-14-11-7-6-10(9-13-11)5-3-4-8-12/h3,5-7,9H,2,4H2,1H3. The summed E-state index contributed by atoms with van der Waals surface area (Å²) in [6.07, 6.45) is 5.81. The molecule has 0 fully saturated rings. The van der Waals surface area contributed by atoms with Crippen molar-refractivity contribution < 1.29 is 4.74 Å². The minimum atomic E-state index is 0.424. The Morgan fingerprint density at radius 1 is 1.57 bits per heavy atom. The van der Waals surface area contributed by atoms with E-state index in [4.69, 9.17) is 10.00 Å². The summed E-state index contributed by atoms with van der Waals surface area (Å²) in [7, 11) is 0. The lowest BCUT2D eigenvalue weighted by Gasteiger charge is -2.00. The summed E-state index contributed by atoms with van der Waals surface area (Å²) < 4.78 is 5.20. The molecule has 1 rings (SSSR count). The van der Waals surface area contributed by atoms with Gasteiger partial charge in [-0.2, -0.15) is 5.26 Å². The van der Waals surface area contributed by atoms with Gasteiger partial charge in [-0.05, 0) is 18.6 Å². The second kappa shape index (κ2) is 5.76. The van der Waals surface area contributed by atoms with Crippen LogP contribution in [0, 0.1) is 11.3 Å². The first-order valence-electron chi connectivity index (χ1n) is 4.49. The zero-order valence-electron chi connectivity index (χ0n) is 8.10. The second-order valence-corrected chi connectivity index (χ2v) is 2.63. The van der Waals surface area contributed by atoms with Gasteiger partial charge in [-0.15, -0.1) is 0 Å². The van der Waals surface area contributed by atoms with Crippen LogP contribution >= 0.6 is 0 Å². The van der Waals surface area contributed by atoms with Crippen LogP contribution in [0.15, 0.2) is 24.4 Å². The van der Waals surface area contributed by atoms with Gasteiger partial charge in [-0.25, -0.2) is 4.98 Å². The molecule has 1 aromatic rings. The number of hydrogen-bond acceptors (Lipinski definition) is 3. The summed E-state index contributed by atoms with van der Waals surface area (Å²) in [6, 6.07) is 5.76. The van der Waals surface area contributed by atoms with Gasteiger partial charge in [-0.3, -0.25) is 0 Å². The van der Waals surface area contributed by atoms with Crippen molar-refractivity contribution in [2.24, 2.45) is 0 Å². The number of hydrogen-bond donors (Lipinski definition) is 0. The predicted molar refractivity (Wildman–Crippen MR) is 54.7 cm³/mol. The topological polar surface area (TPSA) is 45.9 Å². The van der Waals surface area contributed by atoms with Crippen LogP contribution in [0.5, 0.6) is 5.88 Å². The first-order chi connectivity index (χ1) is 6.86. The average molecular weight is 188 g/mol. The zero-order chi connectivity index (χ0) is 10.2. The van der Waals surface area contributed by atoms with Crippen LogP contribution < -0.4 is 4.74 Å². The number of aromatic nitrogens is 1. The fourth-order valence-corrected chi connectivity index (χ4v) is 0.971. The maximum atomic E-state index is 8.32. The molecule has 1 heterocycles. The van der Waals surface area contributed by atoms with Crippen LogP contribution in [0.3, 0.4) is 0 Å². The van der Waals surface area contributed by atoms with Crippen molar-refractivity contribution in [3.05, 3.63) is 30.0 Å². The van der Waals surface area contributed by atoms with Crippen molar-refractivity contribution in [1.82, 2.24) is 4.98 Å². The normalized spacial score (nSPS) is 10.0. The Morgan fingerprint density at radius 3 is 3.00 bits per heavy atom. The van der Waals surface area contributed by atoms with Gasteiger partial charge in [0, 0.05) is 12.3 Å². The Balaban J connectivity index is 2.60. The van der Waals surface area contributed by atoms with E-state index in [1.165, 1.54) is 0 Å². The number of rotatable bonds is 4. The molecule has 0 spiro atoms. The van der Waals surface area contributed by atoms with Crippen LogP contribution in [0.4, 0.5) is 0 Å². The molecular weight excluding hydrogens is 176 g/mol. The first-order valence-corrected chi connectivity index (χ1v) is 4.49. The molecule has 3 heteroatoms. The van der Waals surface area contributed by atoms with Gasteiger partial charge in [0.2, 0.25) is 5.88 Å². The molecule has 0 amide bonds. The van der Waals surface area contributed by atoms with E-state index >= 15 is 0 Å². The molecule has 0 aromatic carbocycles. The van der Waals surface area contributed by atoms with E-state index in [-0.39, 0.29) is 0 Å². The van der Waals surface area contributed by atoms with Crippen molar-refractivity contribution in [3.8, 4) is 11.9 Å². The Morgan fingerprint density at radius 2 is 2.43 bits per heavy atom. The lowest BCUT2D eigenvalue weighted by Crippen LogP contribution is -1.93. The molecule has 0 radical (unpaired) electrons. The molecule has 72 valence electrons. The van der Waals surface area contributed by atoms with E-state index in [1.807, 2.05) is 31.2 Å². The number of allylic oxidation sites excluding steroid dienone is 1. The largest absolute Gasteiger partial charge is 0.478 e. The molecule has 0 aliphatic carbocycles. The fourth-order valence-electron chi connectivity index (χ4n) is 0.971. The van der Waals surface area contributed by atoms with Crippen molar-refractivity contribution in [1.29, 1.82) is 5.26 Å². The molecule has 0 saturated heterocycles. The third kappa shape index (κ3) is 3.28. The SMILES string of the molecule is CCOc1ccc(C=CCC#N)cn1. The van der Waals surface area contributed by atoms with Crippen LogP contribution in [-0.4, -0.2) is 11.6 Å². The molecule has 0 bridgehead atoms. The summed E-state index contributed by atoms with van der Waals surface area (Å²) in [6.45, 7) is 2.54. The monoisotopic (exact) mass is 188 g/mol. The minimum absolute atomic E-state index is 0.424. The maximum Gasteiger partial charge on any atom is 0.213 e. The fraction of sp³-hybridized carbons (Fsp3) is 0.273. The van der Waals surface area contributed by atoms with Crippen LogP contribution in [0.2, 0.25) is 0 Å². The highest BCUT2D eigenvalue weighted by Crippen LogP contribution is 2.08. The summed E-state index contributed by atoms with van der Waals surface area (Å²) >= 11 is 0. The van der Waals surface area contributed by atoms with Gasteiger partial charge in [0.15, 0.2) is 0 Å². The summed E-state index contributed by atoms with van der Waals surface area (Å²) in [5.41, 5.74) is 0.976. The van der Waals surface area contributed by atoms with Gasteiger partial charge >= 0.3 is 0 Å². The van der Waals surface area contributed by atoms with Gasteiger partial charge in [0.05, 0.1) is 19.1 Å². The highest BCUT2D eigenvalue weighted by molar-refractivity contribution is 5.48. The Bertz CT molecular complexity index is 335. The van der Waals surface area contributed by atoms with E-state index in [1.54, 1.807) is 12.3 Å². The van der Waals surface area contributed by atoms with Gasteiger partial charge in [0.1, 0.15) is 0 Å². The zero-order valence-corrected chi connectivity index (χ0v) is 8.10. The molecule has 1 aromatic heterocycles. The third-order valence-corrected chi connectivity index (χ3v) is 1.57. The van der Waals surface area contributed by atoms with E-state index in [0.717, 1.165) is 5.56 Å². The van der Waals surface area contributed by atoms with Gasteiger partial charge in [0.25, 0.3) is 0 Å². The Hall–Kier alpha value is -1.82. The number of pyridine rings is 1. The lowest BCUT2D eigenvalue weighted by atomic mass is 10.2.